The molecule has 0 fully saturated rings. The third-order valence-corrected chi connectivity index (χ3v) is 2.44. The summed E-state index contributed by atoms with van der Waals surface area (Å²) >= 11 is 0. The second kappa shape index (κ2) is 5.41. The van der Waals surface area contributed by atoms with Gasteiger partial charge in [0.1, 0.15) is 5.82 Å². The van der Waals surface area contributed by atoms with Crippen molar-refractivity contribution in [1.29, 1.82) is 0 Å². The lowest BCUT2D eigenvalue weighted by Gasteiger charge is -2.06. The highest BCUT2D eigenvalue weighted by Gasteiger charge is 1.95. The molecule has 0 radical (unpaired) electrons. The second-order valence-electron chi connectivity index (χ2n) is 3.58. The molecular weight excluding hydrogens is 204 g/mol. The first-order valence-corrected chi connectivity index (χ1v) is 5.39. The number of aryl methyl sites for hydroxylation is 1. The van der Waals surface area contributed by atoms with Crippen LogP contribution in [0.1, 0.15) is 5.82 Å². The van der Waals surface area contributed by atoms with Crippen molar-refractivity contribution in [3.8, 4) is 0 Å². The van der Waals surface area contributed by atoms with Gasteiger partial charge in [-0.1, -0.05) is 5.21 Å². The summed E-state index contributed by atoms with van der Waals surface area (Å²) in [7, 11) is 0. The first-order chi connectivity index (χ1) is 7.86. The minimum Gasteiger partial charge on any atom is -0.334 e. The third kappa shape index (κ3) is 2.90. The van der Waals surface area contributed by atoms with Gasteiger partial charge in [0.15, 0.2) is 0 Å². The first kappa shape index (κ1) is 10.8. The van der Waals surface area contributed by atoms with E-state index in [1.165, 1.54) is 0 Å². The van der Waals surface area contributed by atoms with E-state index in [-0.39, 0.29) is 0 Å². The Kier molecular flexibility index (Phi) is 3.66. The van der Waals surface area contributed by atoms with Gasteiger partial charge in [-0.3, -0.25) is 4.68 Å². The molecule has 0 bridgehead atoms. The summed E-state index contributed by atoms with van der Waals surface area (Å²) in [5.41, 5.74) is 0. The Morgan fingerprint density at radius 2 is 2.06 bits per heavy atom. The predicted molar refractivity (Wildman–Crippen MR) is 59.9 cm³/mol. The largest absolute Gasteiger partial charge is 0.334 e. The van der Waals surface area contributed by atoms with Crippen LogP contribution in [-0.4, -0.2) is 37.6 Å². The summed E-state index contributed by atoms with van der Waals surface area (Å²) in [6, 6.07) is 0. The van der Waals surface area contributed by atoms with E-state index in [1.54, 1.807) is 6.20 Å². The molecule has 0 amide bonds. The summed E-state index contributed by atoms with van der Waals surface area (Å²) in [6.07, 6.45) is 7.37. The van der Waals surface area contributed by atoms with Crippen LogP contribution < -0.4 is 5.32 Å². The molecule has 2 rings (SSSR count). The molecule has 2 aromatic rings. The molecule has 0 saturated heterocycles. The highest BCUT2D eigenvalue weighted by atomic mass is 15.4. The van der Waals surface area contributed by atoms with E-state index in [9.17, 15) is 0 Å². The Labute approximate surface area is 94.3 Å². The lowest BCUT2D eigenvalue weighted by Crippen LogP contribution is -2.24. The molecule has 0 unspecified atom stereocenters. The average molecular weight is 220 g/mol. The van der Waals surface area contributed by atoms with Crippen LogP contribution in [0.4, 0.5) is 0 Å². The number of imidazole rings is 1. The maximum atomic E-state index is 4.17. The number of hydrogen-bond acceptors (Lipinski definition) is 4. The molecule has 0 aliphatic carbocycles. The van der Waals surface area contributed by atoms with Crippen LogP contribution in [0, 0.1) is 6.92 Å². The topological polar surface area (TPSA) is 60.6 Å². The van der Waals surface area contributed by atoms with Gasteiger partial charge in [-0.05, 0) is 6.92 Å². The van der Waals surface area contributed by atoms with Crippen LogP contribution in [0.15, 0.2) is 24.8 Å². The fourth-order valence-electron chi connectivity index (χ4n) is 1.51. The van der Waals surface area contributed by atoms with Gasteiger partial charge in [-0.15, -0.1) is 5.10 Å². The van der Waals surface area contributed by atoms with Gasteiger partial charge in [0.2, 0.25) is 0 Å². The summed E-state index contributed by atoms with van der Waals surface area (Å²) in [5.74, 6) is 1.05. The van der Waals surface area contributed by atoms with Crippen molar-refractivity contribution < 1.29 is 0 Å². The molecule has 6 nitrogen and oxygen atoms in total. The molecule has 0 aliphatic rings. The highest BCUT2D eigenvalue weighted by molar-refractivity contribution is 4.88. The zero-order valence-electron chi connectivity index (χ0n) is 9.37. The standard InChI is InChI=1S/C10H16N6/c1-10-12-4-7-15(10)6-2-11-3-8-16-9-5-13-14-16/h4-5,7,9,11H,2-3,6,8H2,1H3. The van der Waals surface area contributed by atoms with E-state index in [4.69, 9.17) is 0 Å². The van der Waals surface area contributed by atoms with E-state index in [0.717, 1.165) is 32.0 Å². The number of nitrogens with zero attached hydrogens (tertiary/aromatic N) is 5. The number of aromatic nitrogens is 5. The van der Waals surface area contributed by atoms with Crippen LogP contribution >= 0.6 is 0 Å². The monoisotopic (exact) mass is 220 g/mol. The molecule has 0 spiro atoms. The smallest absolute Gasteiger partial charge is 0.105 e. The molecule has 16 heavy (non-hydrogen) atoms. The van der Waals surface area contributed by atoms with Crippen molar-refractivity contribution in [2.75, 3.05) is 13.1 Å². The van der Waals surface area contributed by atoms with Crippen molar-refractivity contribution in [2.24, 2.45) is 0 Å². The lowest BCUT2D eigenvalue weighted by atomic mass is 10.5. The lowest BCUT2D eigenvalue weighted by molar-refractivity contribution is 0.519. The van der Waals surface area contributed by atoms with E-state index in [2.05, 4.69) is 25.2 Å². The average Bonchev–Trinajstić information content (AvgIpc) is 2.90. The third-order valence-electron chi connectivity index (χ3n) is 2.44. The molecule has 2 heterocycles. The second-order valence-corrected chi connectivity index (χ2v) is 3.58. The number of hydrogen-bond donors (Lipinski definition) is 1. The minimum atomic E-state index is 0.850. The van der Waals surface area contributed by atoms with Crippen LogP contribution in [0.5, 0.6) is 0 Å². The van der Waals surface area contributed by atoms with Crippen LogP contribution in [-0.2, 0) is 13.1 Å². The molecule has 0 aromatic carbocycles. The quantitative estimate of drug-likeness (QED) is 0.700. The minimum absolute atomic E-state index is 0.850. The maximum absolute atomic E-state index is 4.17. The van der Waals surface area contributed by atoms with Crippen molar-refractivity contribution in [2.45, 2.75) is 20.0 Å². The maximum Gasteiger partial charge on any atom is 0.105 e. The van der Waals surface area contributed by atoms with Gasteiger partial charge in [-0.2, -0.15) is 0 Å². The van der Waals surface area contributed by atoms with Crippen LogP contribution in [0.3, 0.4) is 0 Å². The molecule has 0 aliphatic heterocycles. The molecular formula is C10H16N6. The molecule has 86 valence electrons. The Morgan fingerprint density at radius 1 is 1.19 bits per heavy atom. The highest BCUT2D eigenvalue weighted by Crippen LogP contribution is 1.93. The van der Waals surface area contributed by atoms with Crippen molar-refractivity contribution in [3.05, 3.63) is 30.6 Å². The number of rotatable bonds is 6. The fourth-order valence-corrected chi connectivity index (χ4v) is 1.51. The Balaban J connectivity index is 1.61. The van der Waals surface area contributed by atoms with Crippen molar-refractivity contribution >= 4 is 0 Å². The Hall–Kier alpha value is -1.69. The molecule has 2 aromatic heterocycles. The van der Waals surface area contributed by atoms with Gasteiger partial charge in [-0.25, -0.2) is 4.98 Å². The predicted octanol–water partition coefficient (Wildman–Crippen LogP) is 0.0728. The molecule has 6 heteroatoms. The molecule has 1 N–H and O–H groups in total. The summed E-state index contributed by atoms with van der Waals surface area (Å²) in [6.45, 7) is 5.64. The van der Waals surface area contributed by atoms with Gasteiger partial charge >= 0.3 is 0 Å². The summed E-state index contributed by atoms with van der Waals surface area (Å²) < 4.78 is 3.94. The Bertz CT molecular complexity index is 405. The first-order valence-electron chi connectivity index (χ1n) is 5.39. The van der Waals surface area contributed by atoms with Gasteiger partial charge in [0, 0.05) is 38.2 Å². The summed E-state index contributed by atoms with van der Waals surface area (Å²) in [5, 5.41) is 11.0. The van der Waals surface area contributed by atoms with Crippen LogP contribution in [0.25, 0.3) is 0 Å². The van der Waals surface area contributed by atoms with Crippen molar-refractivity contribution in [3.63, 3.8) is 0 Å². The normalized spacial score (nSPS) is 10.8. The summed E-state index contributed by atoms with van der Waals surface area (Å²) in [4.78, 5) is 4.17. The van der Waals surface area contributed by atoms with Gasteiger partial charge in [0.05, 0.1) is 12.7 Å². The van der Waals surface area contributed by atoms with E-state index in [0.29, 0.717) is 0 Å². The van der Waals surface area contributed by atoms with E-state index < -0.39 is 0 Å². The van der Waals surface area contributed by atoms with Gasteiger partial charge in [0.25, 0.3) is 0 Å². The van der Waals surface area contributed by atoms with Crippen LogP contribution in [0.2, 0.25) is 0 Å². The number of nitrogens with one attached hydrogen (secondary N) is 1. The van der Waals surface area contributed by atoms with Gasteiger partial charge < -0.3 is 9.88 Å². The molecule has 0 atom stereocenters. The van der Waals surface area contributed by atoms with E-state index >= 15 is 0 Å². The van der Waals surface area contributed by atoms with E-state index in [1.807, 2.05) is 30.2 Å². The Morgan fingerprint density at radius 3 is 2.75 bits per heavy atom. The zero-order valence-corrected chi connectivity index (χ0v) is 9.37. The molecule has 0 saturated carbocycles. The van der Waals surface area contributed by atoms with Crippen molar-refractivity contribution in [1.82, 2.24) is 29.9 Å². The SMILES string of the molecule is Cc1nccn1CCNCCn1ccnn1. The fraction of sp³-hybridized carbons (Fsp3) is 0.500. The zero-order chi connectivity index (χ0) is 11.2.